The number of anilines is 1. The maximum Gasteiger partial charge on any atom is 0.244 e. The number of benzene rings is 3. The lowest BCUT2D eigenvalue weighted by molar-refractivity contribution is -0.116. The van der Waals surface area contributed by atoms with E-state index in [1.807, 2.05) is 66.9 Å². The number of hydrogen-bond acceptors (Lipinski definition) is 2. The number of aromatic nitrogens is 2. The van der Waals surface area contributed by atoms with E-state index in [0.717, 1.165) is 44.8 Å². The average Bonchev–Trinajstić information content (AvgIpc) is 2.99. The predicted molar refractivity (Wildman–Crippen MR) is 114 cm³/mol. The molecule has 0 saturated carbocycles. The summed E-state index contributed by atoms with van der Waals surface area (Å²) in [6.07, 6.45) is 0. The molecule has 140 valence electrons. The molecule has 0 spiro atoms. The van der Waals surface area contributed by atoms with E-state index in [1.54, 1.807) is 0 Å². The Morgan fingerprint density at radius 1 is 0.893 bits per heavy atom. The van der Waals surface area contributed by atoms with E-state index in [4.69, 9.17) is 4.98 Å². The highest BCUT2D eigenvalue weighted by atomic mass is 16.1. The molecule has 4 nitrogen and oxygen atoms in total. The first-order valence-electron chi connectivity index (χ1n) is 9.40. The van der Waals surface area contributed by atoms with Crippen LogP contribution in [-0.4, -0.2) is 15.5 Å². The van der Waals surface area contributed by atoms with Crippen LogP contribution in [0.25, 0.3) is 22.4 Å². The topological polar surface area (TPSA) is 46.9 Å². The van der Waals surface area contributed by atoms with Crippen LogP contribution >= 0.6 is 0 Å². The quantitative estimate of drug-likeness (QED) is 0.533. The van der Waals surface area contributed by atoms with E-state index >= 15 is 0 Å². The first kappa shape index (κ1) is 18.0. The van der Waals surface area contributed by atoms with E-state index < -0.39 is 0 Å². The molecule has 1 heterocycles. The molecule has 0 saturated heterocycles. The first-order chi connectivity index (χ1) is 13.5. The highest BCUT2D eigenvalue weighted by molar-refractivity contribution is 5.92. The van der Waals surface area contributed by atoms with Gasteiger partial charge in [0.05, 0.1) is 11.0 Å². The average molecular weight is 369 g/mol. The first-order valence-corrected chi connectivity index (χ1v) is 9.40. The van der Waals surface area contributed by atoms with Crippen molar-refractivity contribution in [3.05, 3.63) is 83.4 Å². The van der Waals surface area contributed by atoms with Gasteiger partial charge in [-0.25, -0.2) is 4.98 Å². The monoisotopic (exact) mass is 369 g/mol. The van der Waals surface area contributed by atoms with E-state index in [0.29, 0.717) is 0 Å². The second kappa shape index (κ2) is 7.31. The number of fused-ring (bicyclic) bond motifs is 1. The Hall–Kier alpha value is -3.40. The van der Waals surface area contributed by atoms with E-state index in [9.17, 15) is 4.79 Å². The second-order valence-electron chi connectivity index (χ2n) is 7.30. The van der Waals surface area contributed by atoms with Gasteiger partial charge >= 0.3 is 0 Å². The lowest BCUT2D eigenvalue weighted by atomic mass is 10.1. The van der Waals surface area contributed by atoms with Gasteiger partial charge in [0.25, 0.3) is 0 Å². The molecule has 4 aromatic rings. The van der Waals surface area contributed by atoms with E-state index in [1.165, 1.54) is 0 Å². The molecule has 0 atom stereocenters. The third-order valence-corrected chi connectivity index (χ3v) is 4.74. The summed E-state index contributed by atoms with van der Waals surface area (Å²) < 4.78 is 1.99. The molecule has 3 aromatic carbocycles. The van der Waals surface area contributed by atoms with Crippen molar-refractivity contribution in [3.63, 3.8) is 0 Å². The van der Waals surface area contributed by atoms with Crippen molar-refractivity contribution in [1.29, 1.82) is 0 Å². The number of amides is 1. The maximum absolute atomic E-state index is 12.8. The molecular formula is C24H23N3O. The van der Waals surface area contributed by atoms with E-state index in [-0.39, 0.29) is 12.5 Å². The van der Waals surface area contributed by atoms with Crippen LogP contribution < -0.4 is 5.32 Å². The Kier molecular flexibility index (Phi) is 4.70. The molecule has 1 N–H and O–H groups in total. The lowest BCUT2D eigenvalue weighted by Gasteiger charge is -2.11. The van der Waals surface area contributed by atoms with E-state index in [2.05, 4.69) is 30.4 Å². The third kappa shape index (κ3) is 3.67. The van der Waals surface area contributed by atoms with Gasteiger partial charge in [0.15, 0.2) is 0 Å². The van der Waals surface area contributed by atoms with Crippen LogP contribution in [-0.2, 0) is 11.3 Å². The molecule has 0 aliphatic rings. The fourth-order valence-corrected chi connectivity index (χ4v) is 3.63. The fraction of sp³-hybridized carbons (Fsp3) is 0.167. The Bertz CT molecular complexity index is 1150. The van der Waals surface area contributed by atoms with Gasteiger partial charge in [-0.05, 0) is 62.2 Å². The minimum atomic E-state index is -0.0675. The molecule has 1 aromatic heterocycles. The number of carbonyl (C=O) groups excluding carboxylic acids is 1. The highest BCUT2D eigenvalue weighted by Gasteiger charge is 2.15. The zero-order valence-electron chi connectivity index (χ0n) is 16.4. The van der Waals surface area contributed by atoms with Gasteiger partial charge in [0, 0.05) is 11.3 Å². The molecule has 4 rings (SSSR count). The number of rotatable bonds is 4. The van der Waals surface area contributed by atoms with Crippen LogP contribution in [0, 0.1) is 20.8 Å². The van der Waals surface area contributed by atoms with Crippen molar-refractivity contribution in [1.82, 2.24) is 9.55 Å². The summed E-state index contributed by atoms with van der Waals surface area (Å²) in [6.45, 7) is 6.32. The molecule has 0 unspecified atom stereocenters. The Labute approximate surface area is 164 Å². The standard InChI is InChI=1S/C24H23N3O/c1-16-7-6-8-19(12-16)24-26-21-9-4-5-10-22(21)27(24)15-23(28)25-20-13-17(2)11-18(3)14-20/h4-14H,15H2,1-3H3,(H,25,28). The Balaban J connectivity index is 1.71. The summed E-state index contributed by atoms with van der Waals surface area (Å²) in [5.74, 6) is 0.738. The molecule has 28 heavy (non-hydrogen) atoms. The van der Waals surface area contributed by atoms with Gasteiger partial charge in [-0.2, -0.15) is 0 Å². The number of para-hydroxylation sites is 2. The normalized spacial score (nSPS) is 11.0. The number of imidazole rings is 1. The number of hydrogen-bond donors (Lipinski definition) is 1. The van der Waals surface area contributed by atoms with Crippen LogP contribution in [0.3, 0.4) is 0 Å². The van der Waals surface area contributed by atoms with Gasteiger partial charge in [-0.3, -0.25) is 4.79 Å². The Morgan fingerprint density at radius 3 is 2.39 bits per heavy atom. The highest BCUT2D eigenvalue weighted by Crippen LogP contribution is 2.25. The van der Waals surface area contributed by atoms with Gasteiger partial charge in [0.1, 0.15) is 12.4 Å². The third-order valence-electron chi connectivity index (χ3n) is 4.74. The Morgan fingerprint density at radius 2 is 1.64 bits per heavy atom. The summed E-state index contributed by atoms with van der Waals surface area (Å²) in [5, 5.41) is 3.03. The fourth-order valence-electron chi connectivity index (χ4n) is 3.63. The molecule has 0 aliphatic heterocycles. The van der Waals surface area contributed by atoms with Crippen molar-refractivity contribution in [2.75, 3.05) is 5.32 Å². The molecule has 0 bridgehead atoms. The van der Waals surface area contributed by atoms with Crippen LogP contribution in [0.5, 0.6) is 0 Å². The molecule has 4 heteroatoms. The predicted octanol–water partition coefficient (Wildman–Crippen LogP) is 5.27. The minimum Gasteiger partial charge on any atom is -0.325 e. The molecule has 0 fully saturated rings. The summed E-state index contributed by atoms with van der Waals surface area (Å²) in [7, 11) is 0. The second-order valence-corrected chi connectivity index (χ2v) is 7.30. The zero-order valence-corrected chi connectivity index (χ0v) is 16.4. The smallest absolute Gasteiger partial charge is 0.244 e. The van der Waals surface area contributed by atoms with Crippen LogP contribution in [0.15, 0.2) is 66.7 Å². The summed E-state index contributed by atoms with van der Waals surface area (Å²) in [5.41, 5.74) is 7.09. The minimum absolute atomic E-state index is 0.0675. The lowest BCUT2D eigenvalue weighted by Crippen LogP contribution is -2.19. The van der Waals surface area contributed by atoms with Crippen molar-refractivity contribution in [3.8, 4) is 11.4 Å². The zero-order chi connectivity index (χ0) is 19.7. The number of carbonyl (C=O) groups is 1. The summed E-state index contributed by atoms with van der Waals surface area (Å²) in [6, 6.07) is 22.2. The maximum atomic E-state index is 12.8. The van der Waals surface area contributed by atoms with Crippen molar-refractivity contribution < 1.29 is 4.79 Å². The van der Waals surface area contributed by atoms with Gasteiger partial charge < -0.3 is 9.88 Å². The summed E-state index contributed by atoms with van der Waals surface area (Å²) >= 11 is 0. The number of aryl methyl sites for hydroxylation is 3. The molecule has 0 aliphatic carbocycles. The molecule has 1 amide bonds. The van der Waals surface area contributed by atoms with Crippen molar-refractivity contribution in [2.45, 2.75) is 27.3 Å². The van der Waals surface area contributed by atoms with Crippen LogP contribution in [0.2, 0.25) is 0 Å². The van der Waals surface area contributed by atoms with Crippen molar-refractivity contribution >= 4 is 22.6 Å². The van der Waals surface area contributed by atoms with Gasteiger partial charge in [0.2, 0.25) is 5.91 Å². The van der Waals surface area contributed by atoms with Crippen molar-refractivity contribution in [2.24, 2.45) is 0 Å². The van der Waals surface area contributed by atoms with Gasteiger partial charge in [-0.15, -0.1) is 0 Å². The summed E-state index contributed by atoms with van der Waals surface area (Å²) in [4.78, 5) is 17.6. The van der Waals surface area contributed by atoms with Gasteiger partial charge in [-0.1, -0.05) is 42.0 Å². The van der Waals surface area contributed by atoms with Crippen LogP contribution in [0.4, 0.5) is 5.69 Å². The number of nitrogens with one attached hydrogen (secondary N) is 1. The number of nitrogens with zero attached hydrogens (tertiary/aromatic N) is 2. The SMILES string of the molecule is Cc1cc(C)cc(NC(=O)Cn2c(-c3cccc(C)c3)nc3ccccc32)c1. The molecule has 0 radical (unpaired) electrons. The van der Waals surface area contributed by atoms with Crippen LogP contribution in [0.1, 0.15) is 16.7 Å². The largest absolute Gasteiger partial charge is 0.325 e. The molecular weight excluding hydrogens is 346 g/mol.